The molecule has 6 rings (SSSR count). The van der Waals surface area contributed by atoms with E-state index in [0.29, 0.717) is 67.5 Å². The number of hydrogen-bond acceptors (Lipinski definition) is 8. The Morgan fingerprint density at radius 2 is 1.80 bits per heavy atom. The Labute approximate surface area is 236 Å². The molecule has 2 unspecified atom stereocenters. The fraction of sp³-hybridized carbons (Fsp3) is 0.379. The van der Waals surface area contributed by atoms with Crippen LogP contribution in [0, 0.1) is 11.6 Å². The Morgan fingerprint density at radius 1 is 1.07 bits per heavy atom. The summed E-state index contributed by atoms with van der Waals surface area (Å²) in [5.74, 6) is -1.08. The molecule has 2 atom stereocenters. The van der Waals surface area contributed by atoms with Gasteiger partial charge in [0, 0.05) is 80.0 Å². The summed E-state index contributed by atoms with van der Waals surface area (Å²) in [6, 6.07) is 8.23. The number of piperazine rings is 1. The maximum absolute atomic E-state index is 15.1. The molecule has 10 nitrogen and oxygen atoms in total. The molecule has 2 saturated heterocycles. The number of morpholine rings is 1. The molecule has 2 aliphatic rings. The molecular formula is C29H32F2N8O2. The Kier molecular flexibility index (Phi) is 7.61. The van der Waals surface area contributed by atoms with Crippen molar-refractivity contribution in [3.8, 4) is 5.69 Å². The first-order chi connectivity index (χ1) is 19.8. The number of pyridine rings is 1. The van der Waals surface area contributed by atoms with Gasteiger partial charge in [0.2, 0.25) is 5.95 Å². The van der Waals surface area contributed by atoms with E-state index in [-0.39, 0.29) is 36.0 Å². The third kappa shape index (κ3) is 5.90. The smallest absolute Gasteiger partial charge is 0.272 e. The topological polar surface area (TPSA) is 100 Å². The Hall–Kier alpha value is -4.00. The highest BCUT2D eigenvalue weighted by Crippen LogP contribution is 2.25. The van der Waals surface area contributed by atoms with Crippen LogP contribution in [0.2, 0.25) is 0 Å². The van der Waals surface area contributed by atoms with E-state index in [1.807, 2.05) is 18.7 Å². The van der Waals surface area contributed by atoms with Crippen molar-refractivity contribution in [3.05, 3.63) is 71.8 Å². The Morgan fingerprint density at radius 3 is 2.54 bits per heavy atom. The van der Waals surface area contributed by atoms with Gasteiger partial charge in [0.05, 0.1) is 18.9 Å². The first-order valence-electron chi connectivity index (χ1n) is 13.7. The van der Waals surface area contributed by atoms with Gasteiger partial charge >= 0.3 is 0 Å². The number of ether oxygens (including phenoxy) is 1. The number of amides is 1. The molecule has 41 heavy (non-hydrogen) atoms. The summed E-state index contributed by atoms with van der Waals surface area (Å²) in [5, 5.41) is 7.27. The monoisotopic (exact) mass is 562 g/mol. The van der Waals surface area contributed by atoms with Gasteiger partial charge in [-0.05, 0) is 44.2 Å². The minimum atomic E-state index is -0.608. The van der Waals surface area contributed by atoms with Crippen LogP contribution in [-0.2, 0) is 11.3 Å². The maximum atomic E-state index is 15.1. The predicted octanol–water partition coefficient (Wildman–Crippen LogP) is 3.49. The molecule has 4 aromatic rings. The number of hydrogen-bond donors (Lipinski definition) is 2. The number of carbonyl (C=O) groups is 1. The van der Waals surface area contributed by atoms with E-state index in [9.17, 15) is 4.79 Å². The highest BCUT2D eigenvalue weighted by molar-refractivity contribution is 5.93. The highest BCUT2D eigenvalue weighted by Gasteiger charge is 2.26. The lowest BCUT2D eigenvalue weighted by Crippen LogP contribution is -2.55. The second-order valence-corrected chi connectivity index (χ2v) is 10.7. The quantitative estimate of drug-likeness (QED) is 0.369. The lowest BCUT2D eigenvalue weighted by molar-refractivity contribution is 0.0332. The van der Waals surface area contributed by atoms with Gasteiger partial charge in [-0.2, -0.15) is 4.98 Å². The zero-order valence-corrected chi connectivity index (χ0v) is 23.0. The zero-order valence-electron chi connectivity index (χ0n) is 23.0. The van der Waals surface area contributed by atoms with E-state index in [1.165, 1.54) is 12.1 Å². The normalized spacial score (nSPS) is 20.0. The van der Waals surface area contributed by atoms with Crippen LogP contribution in [0.3, 0.4) is 0 Å². The molecular weight excluding hydrogens is 530 g/mol. The first-order valence-corrected chi connectivity index (χ1v) is 13.7. The van der Waals surface area contributed by atoms with Gasteiger partial charge in [-0.3, -0.25) is 14.7 Å². The van der Waals surface area contributed by atoms with Crippen molar-refractivity contribution < 1.29 is 18.3 Å². The van der Waals surface area contributed by atoms with Crippen LogP contribution in [0.5, 0.6) is 0 Å². The molecule has 214 valence electrons. The summed E-state index contributed by atoms with van der Waals surface area (Å²) >= 11 is 0. The van der Waals surface area contributed by atoms with Crippen molar-refractivity contribution in [2.24, 2.45) is 0 Å². The van der Waals surface area contributed by atoms with E-state index in [2.05, 4.69) is 25.6 Å². The summed E-state index contributed by atoms with van der Waals surface area (Å²) in [7, 11) is 0. The molecule has 2 N–H and O–H groups in total. The van der Waals surface area contributed by atoms with Gasteiger partial charge in [0.25, 0.3) is 5.91 Å². The SMILES string of the molecule is CC1CN(C(=O)c2cc(Nc3ncc4ccn(-c5cc(F)c(CN6CCOCC6)c(F)c5)c4n3)ccn2)CC(C)N1. The fourth-order valence-electron chi connectivity index (χ4n) is 5.46. The number of anilines is 2. The number of carbonyl (C=O) groups excluding carboxylic acids is 1. The number of fused-ring (bicyclic) bond motifs is 1. The standard InChI is InChI=1S/C29H32F2N8O2/c1-18-15-38(16-19(2)34-18)28(40)26-11-21(3-5-32-26)35-29-33-14-20-4-6-39(27(20)36-29)22-12-24(30)23(25(31)13-22)17-37-7-9-41-10-8-37/h3-6,11-14,18-19,34H,7-10,15-17H2,1-2H3,(H,32,33,35,36). The van der Waals surface area contributed by atoms with Crippen LogP contribution in [0.1, 0.15) is 29.9 Å². The molecule has 1 aromatic carbocycles. The van der Waals surface area contributed by atoms with Crippen LogP contribution >= 0.6 is 0 Å². The number of rotatable bonds is 6. The Balaban J connectivity index is 1.23. The van der Waals surface area contributed by atoms with E-state index < -0.39 is 11.6 Å². The minimum absolute atomic E-state index is 0.0388. The molecule has 12 heteroatoms. The van der Waals surface area contributed by atoms with Crippen molar-refractivity contribution in [2.75, 3.05) is 44.7 Å². The second-order valence-electron chi connectivity index (χ2n) is 10.7. The number of aromatic nitrogens is 4. The van der Waals surface area contributed by atoms with Crippen molar-refractivity contribution in [1.82, 2.24) is 34.6 Å². The largest absolute Gasteiger partial charge is 0.379 e. The fourth-order valence-corrected chi connectivity index (χ4v) is 5.46. The van der Waals surface area contributed by atoms with Crippen LogP contribution in [-0.4, -0.2) is 86.7 Å². The van der Waals surface area contributed by atoms with Crippen LogP contribution in [0.4, 0.5) is 20.4 Å². The van der Waals surface area contributed by atoms with Crippen LogP contribution in [0.25, 0.3) is 16.7 Å². The van der Waals surface area contributed by atoms with Gasteiger partial charge in [0.15, 0.2) is 0 Å². The number of nitrogens with one attached hydrogen (secondary N) is 2. The lowest BCUT2D eigenvalue weighted by Gasteiger charge is -2.36. The molecule has 3 aromatic heterocycles. The van der Waals surface area contributed by atoms with E-state index in [1.54, 1.807) is 46.3 Å². The van der Waals surface area contributed by atoms with Gasteiger partial charge in [-0.15, -0.1) is 0 Å². The number of halogens is 2. The number of benzene rings is 1. The summed E-state index contributed by atoms with van der Waals surface area (Å²) in [5.41, 5.74) is 1.76. The second kappa shape index (κ2) is 11.5. The van der Waals surface area contributed by atoms with Gasteiger partial charge in [-0.25, -0.2) is 13.8 Å². The first kappa shape index (κ1) is 27.2. The zero-order chi connectivity index (χ0) is 28.5. The van der Waals surface area contributed by atoms with Crippen LogP contribution in [0.15, 0.2) is 48.9 Å². The summed E-state index contributed by atoms with van der Waals surface area (Å²) in [6.07, 6.45) is 4.91. The molecule has 0 saturated carbocycles. The van der Waals surface area contributed by atoms with Gasteiger partial charge in [-0.1, -0.05) is 0 Å². The van der Waals surface area contributed by atoms with E-state index in [4.69, 9.17) is 4.74 Å². The summed E-state index contributed by atoms with van der Waals surface area (Å²) in [6.45, 7) is 7.88. The summed E-state index contributed by atoms with van der Waals surface area (Å²) < 4.78 is 37.2. The average Bonchev–Trinajstić information content (AvgIpc) is 3.38. The van der Waals surface area contributed by atoms with Gasteiger partial charge in [0.1, 0.15) is 23.0 Å². The average molecular weight is 563 g/mol. The van der Waals surface area contributed by atoms with Crippen molar-refractivity contribution in [3.63, 3.8) is 0 Å². The molecule has 2 fully saturated rings. The molecule has 0 spiro atoms. The highest BCUT2D eigenvalue weighted by atomic mass is 19.1. The van der Waals surface area contributed by atoms with Crippen LogP contribution < -0.4 is 10.6 Å². The molecule has 1 amide bonds. The molecule has 0 radical (unpaired) electrons. The molecule has 0 aliphatic carbocycles. The molecule has 2 aliphatic heterocycles. The lowest BCUT2D eigenvalue weighted by atomic mass is 10.1. The van der Waals surface area contributed by atoms with E-state index >= 15 is 8.78 Å². The van der Waals surface area contributed by atoms with Crippen molar-refractivity contribution >= 4 is 28.6 Å². The van der Waals surface area contributed by atoms with Gasteiger partial charge < -0.3 is 24.8 Å². The molecule has 5 heterocycles. The maximum Gasteiger partial charge on any atom is 0.272 e. The predicted molar refractivity (Wildman–Crippen MR) is 150 cm³/mol. The third-order valence-electron chi connectivity index (χ3n) is 7.40. The minimum Gasteiger partial charge on any atom is -0.379 e. The van der Waals surface area contributed by atoms with Crippen molar-refractivity contribution in [1.29, 1.82) is 0 Å². The third-order valence-corrected chi connectivity index (χ3v) is 7.40. The Bertz CT molecular complexity index is 1540. The number of nitrogens with zero attached hydrogens (tertiary/aromatic N) is 6. The van der Waals surface area contributed by atoms with Crippen molar-refractivity contribution in [2.45, 2.75) is 32.5 Å². The molecule has 0 bridgehead atoms. The summed E-state index contributed by atoms with van der Waals surface area (Å²) in [4.78, 5) is 30.2. The van der Waals surface area contributed by atoms with E-state index in [0.717, 1.165) is 0 Å².